The molecule has 1 amide bonds. The van der Waals surface area contributed by atoms with E-state index in [0.717, 1.165) is 23.9 Å². The number of likely N-dealkylation sites (N-methyl/N-ethyl adjacent to an activating group) is 1. The predicted octanol–water partition coefficient (Wildman–Crippen LogP) is 6.07. The summed E-state index contributed by atoms with van der Waals surface area (Å²) in [6.45, 7) is -0.194. The number of aliphatic imine (C=N–C) groups is 1. The summed E-state index contributed by atoms with van der Waals surface area (Å²) in [4.78, 5) is 18.8. The minimum atomic E-state index is -0.726. The minimum Gasteiger partial charge on any atom is -0.494 e. The van der Waals surface area contributed by atoms with Crippen LogP contribution in [0.5, 0.6) is 17.2 Å². The third kappa shape index (κ3) is 7.35. The van der Waals surface area contributed by atoms with Crippen molar-refractivity contribution in [3.8, 4) is 17.2 Å². The fourth-order valence-electron chi connectivity index (χ4n) is 3.26. The normalized spacial score (nSPS) is 11.2. The van der Waals surface area contributed by atoms with Crippen LogP contribution < -0.4 is 24.4 Å². The number of amides is 1. The van der Waals surface area contributed by atoms with E-state index in [4.69, 9.17) is 14.2 Å². The number of halogens is 4. The van der Waals surface area contributed by atoms with Crippen LogP contribution >= 0.6 is 27.7 Å². The van der Waals surface area contributed by atoms with Gasteiger partial charge in [0.25, 0.3) is 0 Å². The minimum absolute atomic E-state index is 0.0233. The molecule has 7 nitrogen and oxygen atoms in total. The number of thioether (sulfide) groups is 1. The van der Waals surface area contributed by atoms with Gasteiger partial charge in [0, 0.05) is 40.7 Å². The van der Waals surface area contributed by atoms with Crippen LogP contribution in [0.2, 0.25) is 0 Å². The molecule has 0 aromatic heterocycles. The zero-order chi connectivity index (χ0) is 27.8. The van der Waals surface area contributed by atoms with Gasteiger partial charge in [-0.25, -0.2) is 18.2 Å². The van der Waals surface area contributed by atoms with E-state index < -0.39 is 17.5 Å². The largest absolute Gasteiger partial charge is 0.494 e. The number of anilines is 1. The molecule has 0 radical (unpaired) electrons. The van der Waals surface area contributed by atoms with Gasteiger partial charge in [-0.15, -0.1) is 0 Å². The Bertz CT molecular complexity index is 1320. The summed E-state index contributed by atoms with van der Waals surface area (Å²) in [5, 5.41) is 3.11. The summed E-state index contributed by atoms with van der Waals surface area (Å²) >= 11 is 4.04. The van der Waals surface area contributed by atoms with E-state index in [9.17, 15) is 18.0 Å². The first-order chi connectivity index (χ1) is 18.2. The lowest BCUT2D eigenvalue weighted by Crippen LogP contribution is -2.37. The lowest BCUT2D eigenvalue weighted by Gasteiger charge is -2.20. The third-order valence-corrected chi connectivity index (χ3v) is 6.74. The monoisotopic (exact) mass is 611 g/mol. The number of nitrogens with one attached hydrogen (secondary N) is 1. The molecule has 3 rings (SSSR count). The van der Waals surface area contributed by atoms with Gasteiger partial charge < -0.3 is 24.4 Å². The number of ether oxygens (including phenoxy) is 3. The Labute approximate surface area is 231 Å². The highest BCUT2D eigenvalue weighted by atomic mass is 79.9. The molecule has 0 unspecified atom stereocenters. The van der Waals surface area contributed by atoms with Gasteiger partial charge in [-0.05, 0) is 36.4 Å². The maximum absolute atomic E-state index is 14.4. The van der Waals surface area contributed by atoms with Crippen LogP contribution in [0.15, 0.2) is 58.0 Å². The van der Waals surface area contributed by atoms with Crippen molar-refractivity contribution < 1.29 is 32.2 Å². The first kappa shape index (κ1) is 29.2. The molecule has 202 valence electrons. The first-order valence-corrected chi connectivity index (χ1v) is 12.9. The predicted molar refractivity (Wildman–Crippen MR) is 146 cm³/mol. The highest BCUT2D eigenvalue weighted by molar-refractivity contribution is 9.10. The molecule has 3 aromatic rings. The SMILES string of the molecule is COc1cc(N=C(NCC(=O)N(C)c2ccc(OC)c(OC)c2)SCc2c(F)cc(Br)cc2F)ccc1F. The number of carbonyl (C=O) groups is 1. The van der Waals surface area contributed by atoms with Gasteiger partial charge in [0.2, 0.25) is 5.91 Å². The maximum Gasteiger partial charge on any atom is 0.246 e. The zero-order valence-electron chi connectivity index (χ0n) is 21.0. The van der Waals surface area contributed by atoms with Crippen molar-refractivity contribution in [3.05, 3.63) is 76.0 Å². The fourth-order valence-corrected chi connectivity index (χ4v) is 4.56. The Hall–Kier alpha value is -3.38. The van der Waals surface area contributed by atoms with Gasteiger partial charge in [0.1, 0.15) is 11.6 Å². The molecule has 0 fully saturated rings. The summed E-state index contributed by atoms with van der Waals surface area (Å²) in [5.41, 5.74) is 0.719. The van der Waals surface area contributed by atoms with Gasteiger partial charge in [0.05, 0.1) is 33.6 Å². The number of nitrogens with zero attached hydrogens (tertiary/aromatic N) is 2. The molecule has 0 aliphatic carbocycles. The number of rotatable bonds is 9. The second kappa shape index (κ2) is 13.4. The molecule has 0 heterocycles. The smallest absolute Gasteiger partial charge is 0.246 e. The molecule has 0 aliphatic heterocycles. The Morgan fingerprint density at radius 3 is 2.21 bits per heavy atom. The number of benzene rings is 3. The number of methoxy groups -OCH3 is 3. The zero-order valence-corrected chi connectivity index (χ0v) is 23.4. The third-order valence-electron chi connectivity index (χ3n) is 5.34. The molecule has 0 spiro atoms. The first-order valence-electron chi connectivity index (χ1n) is 11.1. The van der Waals surface area contributed by atoms with Crippen molar-refractivity contribution in [3.63, 3.8) is 0 Å². The van der Waals surface area contributed by atoms with Crippen molar-refractivity contribution in [2.75, 3.05) is 39.8 Å². The Morgan fingerprint density at radius 1 is 0.921 bits per heavy atom. The molecule has 0 atom stereocenters. The molecule has 12 heteroatoms. The summed E-state index contributed by atoms with van der Waals surface area (Å²) < 4.78 is 58.4. The number of amidine groups is 1. The number of hydrogen-bond acceptors (Lipinski definition) is 6. The second-order valence-corrected chi connectivity index (χ2v) is 9.60. The van der Waals surface area contributed by atoms with Crippen molar-refractivity contribution in [2.24, 2.45) is 4.99 Å². The fraction of sp³-hybridized carbons (Fsp3) is 0.231. The number of hydrogen-bond donors (Lipinski definition) is 1. The van der Waals surface area contributed by atoms with Gasteiger partial charge >= 0.3 is 0 Å². The average Bonchev–Trinajstić information content (AvgIpc) is 2.90. The molecule has 0 saturated heterocycles. The second-order valence-electron chi connectivity index (χ2n) is 7.72. The summed E-state index contributed by atoms with van der Waals surface area (Å²) in [6, 6.07) is 11.3. The van der Waals surface area contributed by atoms with Crippen molar-refractivity contribution in [2.45, 2.75) is 5.75 Å². The van der Waals surface area contributed by atoms with E-state index >= 15 is 0 Å². The van der Waals surface area contributed by atoms with Crippen molar-refractivity contribution in [1.29, 1.82) is 0 Å². The van der Waals surface area contributed by atoms with Crippen LogP contribution in [-0.2, 0) is 10.5 Å². The van der Waals surface area contributed by atoms with E-state index in [1.807, 2.05) is 0 Å². The Morgan fingerprint density at radius 2 is 1.58 bits per heavy atom. The van der Waals surface area contributed by atoms with Gasteiger partial charge in [-0.3, -0.25) is 4.79 Å². The molecular weight excluding hydrogens is 587 g/mol. The summed E-state index contributed by atoms with van der Waals surface area (Å²) in [6.07, 6.45) is 0. The molecule has 3 aromatic carbocycles. The quantitative estimate of drug-likeness (QED) is 0.234. The molecular formula is C26H25BrF3N3O4S. The molecule has 0 aliphatic rings. The van der Waals surface area contributed by atoms with E-state index in [-0.39, 0.29) is 39.2 Å². The van der Waals surface area contributed by atoms with E-state index in [1.165, 1.54) is 44.4 Å². The Balaban J connectivity index is 1.82. The summed E-state index contributed by atoms with van der Waals surface area (Å²) in [5.74, 6) is -1.52. The molecule has 0 bridgehead atoms. The van der Waals surface area contributed by atoms with E-state index in [2.05, 4.69) is 26.2 Å². The van der Waals surface area contributed by atoms with Gasteiger partial charge in [-0.1, -0.05) is 27.7 Å². The van der Waals surface area contributed by atoms with Crippen LogP contribution in [0.4, 0.5) is 24.5 Å². The maximum atomic E-state index is 14.4. The topological polar surface area (TPSA) is 72.4 Å². The van der Waals surface area contributed by atoms with Crippen LogP contribution in [0.3, 0.4) is 0 Å². The van der Waals surface area contributed by atoms with Crippen LogP contribution in [-0.4, -0.2) is 46.0 Å². The highest BCUT2D eigenvalue weighted by Gasteiger charge is 2.17. The van der Waals surface area contributed by atoms with Gasteiger partial charge in [0.15, 0.2) is 28.2 Å². The molecule has 1 N–H and O–H groups in total. The van der Waals surface area contributed by atoms with Gasteiger partial charge in [-0.2, -0.15) is 0 Å². The van der Waals surface area contributed by atoms with Crippen LogP contribution in [0.1, 0.15) is 5.56 Å². The molecule has 0 saturated carbocycles. The van der Waals surface area contributed by atoms with Crippen LogP contribution in [0.25, 0.3) is 0 Å². The lowest BCUT2D eigenvalue weighted by molar-refractivity contribution is -0.117. The van der Waals surface area contributed by atoms with Crippen LogP contribution in [0, 0.1) is 17.5 Å². The van der Waals surface area contributed by atoms with E-state index in [0.29, 0.717) is 22.9 Å². The molecule has 38 heavy (non-hydrogen) atoms. The standard InChI is InChI=1S/C26H25BrF3N3O4S/c1-33(17-6-8-22(35-2)24(12-17)37-4)25(34)13-31-26(32-16-5-7-19(28)23(11-16)36-3)38-14-18-20(29)9-15(27)10-21(18)30/h5-12H,13-14H2,1-4H3,(H,31,32). The lowest BCUT2D eigenvalue weighted by atomic mass is 10.2. The summed E-state index contributed by atoms with van der Waals surface area (Å²) in [7, 11) is 5.91. The highest BCUT2D eigenvalue weighted by Crippen LogP contribution is 2.31. The van der Waals surface area contributed by atoms with E-state index in [1.54, 1.807) is 25.2 Å². The number of carbonyl (C=O) groups excluding carboxylic acids is 1. The Kier molecular flexibility index (Phi) is 10.3. The average molecular weight is 612 g/mol. The van der Waals surface area contributed by atoms with Crippen molar-refractivity contribution >= 4 is 50.1 Å². The van der Waals surface area contributed by atoms with Crippen molar-refractivity contribution in [1.82, 2.24) is 5.32 Å².